The highest BCUT2D eigenvalue weighted by molar-refractivity contribution is 7.14. The highest BCUT2D eigenvalue weighted by atomic mass is 32.1. The summed E-state index contributed by atoms with van der Waals surface area (Å²) in [5.74, 6) is -0.371. The van der Waals surface area contributed by atoms with Crippen LogP contribution in [0.3, 0.4) is 0 Å². The predicted molar refractivity (Wildman–Crippen MR) is 112 cm³/mol. The number of nitro groups is 1. The summed E-state index contributed by atoms with van der Waals surface area (Å²) in [5.41, 5.74) is 0.0435. The normalized spacial score (nSPS) is 10.3. The highest BCUT2D eigenvalue weighted by Crippen LogP contribution is 2.34. The van der Waals surface area contributed by atoms with Crippen molar-refractivity contribution in [1.29, 1.82) is 0 Å². The third kappa shape index (κ3) is 4.47. The van der Waals surface area contributed by atoms with E-state index in [0.717, 1.165) is 10.9 Å². The van der Waals surface area contributed by atoms with E-state index in [1.165, 1.54) is 31.6 Å². The molecule has 30 heavy (non-hydrogen) atoms. The summed E-state index contributed by atoms with van der Waals surface area (Å²) in [7, 11) is 2.73. The number of ketones is 1. The van der Waals surface area contributed by atoms with E-state index in [4.69, 9.17) is 9.47 Å². The van der Waals surface area contributed by atoms with E-state index in [1.54, 1.807) is 36.4 Å². The Kier molecular flexibility index (Phi) is 6.43. The van der Waals surface area contributed by atoms with Gasteiger partial charge in [0.1, 0.15) is 5.56 Å². The first-order valence-corrected chi connectivity index (χ1v) is 9.63. The van der Waals surface area contributed by atoms with E-state index in [2.05, 4.69) is 5.32 Å². The van der Waals surface area contributed by atoms with Gasteiger partial charge >= 0.3 is 0 Å². The molecule has 0 aliphatic heterocycles. The molecule has 1 amide bonds. The van der Waals surface area contributed by atoms with Crippen molar-refractivity contribution in [3.63, 3.8) is 0 Å². The number of methoxy groups -OCH3 is 2. The van der Waals surface area contributed by atoms with Crippen LogP contribution in [0.15, 0.2) is 54.6 Å². The van der Waals surface area contributed by atoms with Crippen molar-refractivity contribution in [2.75, 3.05) is 14.2 Å². The third-order valence-corrected chi connectivity index (χ3v) is 5.37. The number of nitrogens with zero attached hydrogens (tertiary/aromatic N) is 1. The van der Waals surface area contributed by atoms with Crippen LogP contribution in [-0.2, 0) is 6.54 Å². The average Bonchev–Trinajstić information content (AvgIpc) is 3.25. The van der Waals surface area contributed by atoms with Crippen LogP contribution in [-0.4, -0.2) is 30.8 Å². The number of carbonyl (C=O) groups is 2. The Morgan fingerprint density at radius 3 is 2.33 bits per heavy atom. The molecule has 0 unspecified atom stereocenters. The second kappa shape index (κ2) is 9.19. The largest absolute Gasteiger partial charge is 0.493 e. The van der Waals surface area contributed by atoms with Gasteiger partial charge in [-0.25, -0.2) is 0 Å². The van der Waals surface area contributed by atoms with Gasteiger partial charge in [-0.05, 0) is 12.1 Å². The van der Waals surface area contributed by atoms with E-state index < -0.39 is 16.5 Å². The Morgan fingerprint density at radius 1 is 1.03 bits per heavy atom. The molecular formula is C21H18N2O6S. The van der Waals surface area contributed by atoms with Crippen molar-refractivity contribution >= 4 is 28.7 Å². The fourth-order valence-electron chi connectivity index (χ4n) is 2.79. The number of ether oxygens (including phenoxy) is 2. The first kappa shape index (κ1) is 21.0. The lowest BCUT2D eigenvalue weighted by Gasteiger charge is -2.10. The maximum atomic E-state index is 12.6. The van der Waals surface area contributed by atoms with Crippen molar-refractivity contribution in [3.8, 4) is 11.5 Å². The second-order valence-electron chi connectivity index (χ2n) is 6.13. The van der Waals surface area contributed by atoms with Gasteiger partial charge in [-0.15, -0.1) is 11.3 Å². The zero-order chi connectivity index (χ0) is 21.7. The number of nitrogens with one attached hydrogen (secondary N) is 1. The van der Waals surface area contributed by atoms with Crippen LogP contribution in [0.2, 0.25) is 0 Å². The van der Waals surface area contributed by atoms with Gasteiger partial charge in [0.15, 0.2) is 11.5 Å². The first-order valence-electron chi connectivity index (χ1n) is 8.81. The quantitative estimate of drug-likeness (QED) is 0.333. The van der Waals surface area contributed by atoms with Crippen LogP contribution in [0.1, 0.15) is 30.5 Å². The zero-order valence-corrected chi connectivity index (χ0v) is 17.0. The summed E-state index contributed by atoms with van der Waals surface area (Å²) in [4.78, 5) is 37.1. The molecule has 0 atom stereocenters. The molecule has 3 rings (SSSR count). The molecule has 9 heteroatoms. The van der Waals surface area contributed by atoms with Gasteiger partial charge in [0.05, 0.1) is 36.6 Å². The molecule has 1 aromatic heterocycles. The van der Waals surface area contributed by atoms with E-state index in [1.807, 2.05) is 6.07 Å². The highest BCUT2D eigenvalue weighted by Gasteiger charge is 2.24. The fraction of sp³-hybridized carbons (Fsp3) is 0.143. The van der Waals surface area contributed by atoms with Crippen molar-refractivity contribution in [2.24, 2.45) is 0 Å². The van der Waals surface area contributed by atoms with E-state index >= 15 is 0 Å². The molecule has 0 spiro atoms. The topological polar surface area (TPSA) is 108 Å². The predicted octanol–water partition coefficient (Wildman–Crippen LogP) is 3.83. The van der Waals surface area contributed by atoms with E-state index in [9.17, 15) is 19.7 Å². The van der Waals surface area contributed by atoms with E-state index in [0.29, 0.717) is 10.4 Å². The lowest BCUT2D eigenvalue weighted by atomic mass is 10.1. The molecule has 1 N–H and O–H groups in total. The summed E-state index contributed by atoms with van der Waals surface area (Å²) in [6.45, 7) is 0.122. The summed E-state index contributed by atoms with van der Waals surface area (Å²) in [6.07, 6.45) is 0. The lowest BCUT2D eigenvalue weighted by Crippen LogP contribution is -2.23. The second-order valence-corrected chi connectivity index (χ2v) is 7.29. The lowest BCUT2D eigenvalue weighted by molar-refractivity contribution is -0.385. The number of rotatable bonds is 8. The molecule has 0 saturated heterocycles. The van der Waals surface area contributed by atoms with Gasteiger partial charge < -0.3 is 14.8 Å². The van der Waals surface area contributed by atoms with Gasteiger partial charge in [0.2, 0.25) is 5.78 Å². The van der Waals surface area contributed by atoms with Crippen molar-refractivity contribution in [1.82, 2.24) is 5.32 Å². The number of benzene rings is 2. The SMILES string of the molecule is COc1cc(C(=O)NCc2ccc(C(=O)c3ccccc3)s2)c([N+](=O)[O-])cc1OC. The van der Waals surface area contributed by atoms with E-state index in [-0.39, 0.29) is 29.4 Å². The summed E-state index contributed by atoms with van der Waals surface area (Å²) >= 11 is 1.25. The van der Waals surface area contributed by atoms with Gasteiger partial charge in [0.25, 0.3) is 11.6 Å². The van der Waals surface area contributed by atoms with Crippen molar-refractivity contribution in [3.05, 3.63) is 85.6 Å². The molecule has 2 aromatic carbocycles. The fourth-order valence-corrected chi connectivity index (χ4v) is 3.70. The molecule has 8 nitrogen and oxygen atoms in total. The number of amides is 1. The van der Waals surface area contributed by atoms with Gasteiger partial charge in [-0.2, -0.15) is 0 Å². The molecule has 0 bridgehead atoms. The Morgan fingerprint density at radius 2 is 1.70 bits per heavy atom. The van der Waals surface area contributed by atoms with Crippen LogP contribution in [0.25, 0.3) is 0 Å². The minimum Gasteiger partial charge on any atom is -0.493 e. The minimum atomic E-state index is -0.654. The molecule has 3 aromatic rings. The Labute approximate surface area is 176 Å². The van der Waals surface area contributed by atoms with Crippen LogP contribution >= 0.6 is 11.3 Å². The summed E-state index contributed by atoms with van der Waals surface area (Å²) in [5, 5.41) is 14.0. The summed E-state index contributed by atoms with van der Waals surface area (Å²) in [6, 6.07) is 14.7. The number of hydrogen-bond acceptors (Lipinski definition) is 7. The molecule has 0 fully saturated rings. The molecule has 1 heterocycles. The third-order valence-electron chi connectivity index (χ3n) is 4.29. The van der Waals surface area contributed by atoms with Crippen LogP contribution in [0, 0.1) is 10.1 Å². The van der Waals surface area contributed by atoms with Gasteiger partial charge in [-0.3, -0.25) is 19.7 Å². The molecule has 154 valence electrons. The van der Waals surface area contributed by atoms with Gasteiger partial charge in [-0.1, -0.05) is 30.3 Å². The monoisotopic (exact) mass is 426 g/mol. The van der Waals surface area contributed by atoms with Crippen molar-refractivity contribution < 1.29 is 24.0 Å². The van der Waals surface area contributed by atoms with Gasteiger partial charge in [0, 0.05) is 16.5 Å². The van der Waals surface area contributed by atoms with Crippen LogP contribution < -0.4 is 14.8 Å². The standard InChI is InChI=1S/C21H18N2O6S/c1-28-17-10-15(16(23(26)27)11-18(17)29-2)21(25)22-12-14-8-9-19(30-14)20(24)13-6-4-3-5-7-13/h3-11H,12H2,1-2H3,(H,22,25). The Balaban J connectivity index is 1.76. The van der Waals surface area contributed by atoms with Crippen molar-refractivity contribution in [2.45, 2.75) is 6.54 Å². The molecule has 0 aliphatic carbocycles. The van der Waals surface area contributed by atoms with Crippen LogP contribution in [0.5, 0.6) is 11.5 Å². The number of carbonyl (C=O) groups excluding carboxylic acids is 2. The Hall–Kier alpha value is -3.72. The number of nitro benzene ring substituents is 1. The maximum absolute atomic E-state index is 12.6. The molecule has 0 aliphatic rings. The Bertz CT molecular complexity index is 1090. The molecule has 0 saturated carbocycles. The maximum Gasteiger partial charge on any atom is 0.286 e. The summed E-state index contributed by atoms with van der Waals surface area (Å²) < 4.78 is 10.2. The average molecular weight is 426 g/mol. The molecular weight excluding hydrogens is 408 g/mol. The number of hydrogen-bond donors (Lipinski definition) is 1. The minimum absolute atomic E-state index is 0.103. The van der Waals surface area contributed by atoms with Crippen LogP contribution in [0.4, 0.5) is 5.69 Å². The zero-order valence-electron chi connectivity index (χ0n) is 16.2. The number of thiophene rings is 1. The smallest absolute Gasteiger partial charge is 0.286 e. The first-order chi connectivity index (χ1) is 14.4. The molecule has 0 radical (unpaired) electrons.